The third kappa shape index (κ3) is 10.2. The maximum absolute atomic E-state index is 2.38. The van der Waals surface area contributed by atoms with E-state index in [1.165, 1.54) is 142 Å². The maximum atomic E-state index is 2.38. The molecular formula is C62H58. The molecule has 62 heavy (non-hydrogen) atoms. The zero-order valence-electron chi connectivity index (χ0n) is 36.0. The molecule has 2 aliphatic rings. The summed E-state index contributed by atoms with van der Waals surface area (Å²) >= 11 is 0. The molecule has 0 aliphatic heterocycles. The Morgan fingerprint density at radius 2 is 0.548 bits per heavy atom. The first-order valence-corrected chi connectivity index (χ1v) is 23.1. The molecule has 306 valence electrons. The molecule has 7 aromatic rings. The normalized spacial score (nSPS) is 15.7. The van der Waals surface area contributed by atoms with Crippen LogP contribution in [0, 0.1) is 0 Å². The van der Waals surface area contributed by atoms with Crippen molar-refractivity contribution >= 4 is 47.6 Å². The Labute approximate surface area is 370 Å². The van der Waals surface area contributed by atoms with Gasteiger partial charge in [0.05, 0.1) is 0 Å². The van der Waals surface area contributed by atoms with Gasteiger partial charge < -0.3 is 0 Å². The van der Waals surface area contributed by atoms with Gasteiger partial charge in [0.25, 0.3) is 0 Å². The number of benzene rings is 7. The predicted octanol–water partition coefficient (Wildman–Crippen LogP) is 17.3. The van der Waals surface area contributed by atoms with E-state index in [-0.39, 0.29) is 0 Å². The molecule has 2 fully saturated rings. The molecule has 0 bridgehead atoms. The SMILES string of the molecule is C(=Cc1ccccc1C=C(c1ccccc1)c1ccc(C2CCCCC2)cc1)c1ccccc1C=Cc1ccccc1C=C(c1ccccc1)c1ccc(C2CCCCC2)cc1. The Morgan fingerprint density at radius 1 is 0.274 bits per heavy atom. The summed E-state index contributed by atoms with van der Waals surface area (Å²) in [4.78, 5) is 0. The second-order valence-electron chi connectivity index (χ2n) is 17.3. The molecule has 0 N–H and O–H groups in total. The number of hydrogen-bond donors (Lipinski definition) is 0. The molecule has 0 nitrogen and oxygen atoms in total. The van der Waals surface area contributed by atoms with Gasteiger partial charge in [-0.1, -0.05) is 245 Å². The van der Waals surface area contributed by atoms with Gasteiger partial charge in [-0.3, -0.25) is 0 Å². The average molecular weight is 803 g/mol. The van der Waals surface area contributed by atoms with Gasteiger partial charge in [0, 0.05) is 0 Å². The molecule has 0 saturated heterocycles. The molecule has 9 rings (SSSR count). The molecule has 7 aromatic carbocycles. The maximum Gasteiger partial charge on any atom is -0.0105 e. The van der Waals surface area contributed by atoms with Crippen LogP contribution < -0.4 is 0 Å². The van der Waals surface area contributed by atoms with Crippen molar-refractivity contribution in [2.24, 2.45) is 0 Å². The summed E-state index contributed by atoms with van der Waals surface area (Å²) in [5.41, 5.74) is 17.6. The molecule has 2 aliphatic carbocycles. The van der Waals surface area contributed by atoms with Gasteiger partial charge >= 0.3 is 0 Å². The highest BCUT2D eigenvalue weighted by atomic mass is 14.2. The van der Waals surface area contributed by atoms with E-state index in [4.69, 9.17) is 0 Å². The van der Waals surface area contributed by atoms with Gasteiger partial charge in [0.15, 0.2) is 0 Å². The monoisotopic (exact) mass is 802 g/mol. The summed E-state index contributed by atoms with van der Waals surface area (Å²) in [6.45, 7) is 0. The summed E-state index contributed by atoms with van der Waals surface area (Å²) in [5, 5.41) is 0. The summed E-state index contributed by atoms with van der Waals surface area (Å²) in [5.74, 6) is 1.40. The fraction of sp³-hybridized carbons (Fsp3) is 0.194. The highest BCUT2D eigenvalue weighted by Gasteiger charge is 2.18. The molecule has 0 radical (unpaired) electrons. The Morgan fingerprint density at radius 3 is 0.887 bits per heavy atom. The smallest absolute Gasteiger partial charge is 0.0105 e. The van der Waals surface area contributed by atoms with E-state index < -0.39 is 0 Å². The highest BCUT2D eigenvalue weighted by Crippen LogP contribution is 2.36. The van der Waals surface area contributed by atoms with Crippen molar-refractivity contribution in [2.75, 3.05) is 0 Å². The first kappa shape index (κ1) is 40.9. The van der Waals surface area contributed by atoms with Crippen LogP contribution in [-0.2, 0) is 0 Å². The third-order valence-electron chi connectivity index (χ3n) is 13.2. The van der Waals surface area contributed by atoms with Crippen molar-refractivity contribution in [3.05, 3.63) is 249 Å². The predicted molar refractivity (Wildman–Crippen MR) is 269 cm³/mol. The molecule has 0 aromatic heterocycles. The van der Waals surface area contributed by atoms with Gasteiger partial charge in [-0.2, -0.15) is 0 Å². The van der Waals surface area contributed by atoms with E-state index >= 15 is 0 Å². The van der Waals surface area contributed by atoms with Gasteiger partial charge in [0.2, 0.25) is 0 Å². The van der Waals surface area contributed by atoms with E-state index in [0.29, 0.717) is 11.8 Å². The van der Waals surface area contributed by atoms with Crippen LogP contribution in [-0.4, -0.2) is 0 Å². The molecular weight excluding hydrogens is 745 g/mol. The fourth-order valence-electron chi connectivity index (χ4n) is 9.72. The number of hydrogen-bond acceptors (Lipinski definition) is 0. The van der Waals surface area contributed by atoms with Crippen LogP contribution >= 0.6 is 0 Å². The van der Waals surface area contributed by atoms with Crippen LogP contribution in [0.5, 0.6) is 0 Å². The standard InChI is InChI=1S/C62H58/c1-5-19-47(20-6-1)53-37-41-57(42-38-53)61(55-27-9-3-10-28-55)45-59-31-17-15-25-51(59)35-33-49-23-13-14-24-50(49)34-36-52-26-16-18-32-60(52)46-62(56-29-11-4-12-30-56)58-43-39-54(40-44-58)48-21-7-2-8-22-48/h3-4,9-18,23-48H,1-2,5-8,19-22H2. The Kier molecular flexibility index (Phi) is 13.4. The van der Waals surface area contributed by atoms with E-state index in [2.05, 4.69) is 218 Å². The molecule has 0 unspecified atom stereocenters. The largest absolute Gasteiger partial charge is 0.0622 e. The minimum atomic E-state index is 0.698. The van der Waals surface area contributed by atoms with Crippen molar-refractivity contribution in [1.29, 1.82) is 0 Å². The lowest BCUT2D eigenvalue weighted by atomic mass is 9.83. The lowest BCUT2D eigenvalue weighted by molar-refractivity contribution is 0.443. The fourth-order valence-corrected chi connectivity index (χ4v) is 9.72. The first-order valence-electron chi connectivity index (χ1n) is 23.1. The number of rotatable bonds is 12. The quantitative estimate of drug-likeness (QED) is 0.108. The molecule has 0 heterocycles. The minimum Gasteiger partial charge on any atom is -0.0622 e. The average Bonchev–Trinajstić information content (AvgIpc) is 3.35. The van der Waals surface area contributed by atoms with Gasteiger partial charge in [0.1, 0.15) is 0 Å². The Bertz CT molecular complexity index is 2450. The van der Waals surface area contributed by atoms with Crippen LogP contribution in [0.2, 0.25) is 0 Å². The topological polar surface area (TPSA) is 0 Å². The Hall–Kier alpha value is -6.50. The summed E-state index contributed by atoms with van der Waals surface area (Å²) in [6, 6.07) is 66.8. The lowest BCUT2D eigenvalue weighted by Gasteiger charge is -2.22. The van der Waals surface area contributed by atoms with Crippen LogP contribution in [0.15, 0.2) is 182 Å². The molecule has 0 spiro atoms. The van der Waals surface area contributed by atoms with Gasteiger partial charge in [-0.25, -0.2) is 0 Å². The minimum absolute atomic E-state index is 0.698. The van der Waals surface area contributed by atoms with Crippen molar-refractivity contribution in [2.45, 2.75) is 76.0 Å². The third-order valence-corrected chi connectivity index (χ3v) is 13.2. The molecule has 2 saturated carbocycles. The highest BCUT2D eigenvalue weighted by molar-refractivity contribution is 5.95. The molecule has 0 amide bonds. The van der Waals surface area contributed by atoms with Crippen LogP contribution in [0.3, 0.4) is 0 Å². The lowest BCUT2D eigenvalue weighted by Crippen LogP contribution is -2.04. The molecule has 0 atom stereocenters. The van der Waals surface area contributed by atoms with E-state index in [0.717, 1.165) is 0 Å². The van der Waals surface area contributed by atoms with Gasteiger partial charge in [-0.05, 0) is 128 Å². The van der Waals surface area contributed by atoms with Crippen LogP contribution in [0.1, 0.15) is 143 Å². The second kappa shape index (κ2) is 20.4. The molecule has 0 heteroatoms. The van der Waals surface area contributed by atoms with Crippen molar-refractivity contribution < 1.29 is 0 Å². The van der Waals surface area contributed by atoms with Crippen LogP contribution in [0.25, 0.3) is 47.6 Å². The van der Waals surface area contributed by atoms with Crippen molar-refractivity contribution in [3.63, 3.8) is 0 Å². The summed E-state index contributed by atoms with van der Waals surface area (Å²) in [7, 11) is 0. The summed E-state index contributed by atoms with van der Waals surface area (Å²) in [6.07, 6.45) is 27.2. The van der Waals surface area contributed by atoms with E-state index in [1.54, 1.807) is 0 Å². The second-order valence-corrected chi connectivity index (χ2v) is 17.3. The van der Waals surface area contributed by atoms with E-state index in [9.17, 15) is 0 Å². The first-order chi connectivity index (χ1) is 30.7. The van der Waals surface area contributed by atoms with Crippen molar-refractivity contribution in [3.8, 4) is 0 Å². The van der Waals surface area contributed by atoms with Gasteiger partial charge in [-0.15, -0.1) is 0 Å². The van der Waals surface area contributed by atoms with Crippen LogP contribution in [0.4, 0.5) is 0 Å². The zero-order chi connectivity index (χ0) is 41.8. The van der Waals surface area contributed by atoms with Crippen molar-refractivity contribution in [1.82, 2.24) is 0 Å². The Balaban J connectivity index is 0.999. The summed E-state index contributed by atoms with van der Waals surface area (Å²) < 4.78 is 0. The van der Waals surface area contributed by atoms with E-state index in [1.807, 2.05) is 0 Å². The zero-order valence-corrected chi connectivity index (χ0v) is 36.0.